The molecule has 1 aliphatic carbocycles. The molecule has 1 N–H and O–H groups in total. The van der Waals surface area contributed by atoms with Crippen LogP contribution < -0.4 is 5.32 Å². The quantitative estimate of drug-likeness (QED) is 0.760. The van der Waals surface area contributed by atoms with E-state index in [9.17, 15) is 4.79 Å². The molecule has 0 aromatic rings. The molecular weight excluding hydrogens is 186 g/mol. The zero-order valence-corrected chi connectivity index (χ0v) is 10.4. The molecule has 0 saturated heterocycles. The van der Waals surface area contributed by atoms with Gasteiger partial charge in [0.15, 0.2) is 0 Å². The number of carbonyl (C=O) groups is 1. The largest absolute Gasteiger partial charge is 0.353 e. The number of hydrogen-bond donors (Lipinski definition) is 1. The van der Waals surface area contributed by atoms with Gasteiger partial charge in [-0.3, -0.25) is 4.79 Å². The first-order valence-electron chi connectivity index (χ1n) is 6.43. The number of hydrogen-bond acceptors (Lipinski definition) is 1. The molecule has 0 heterocycles. The molecule has 88 valence electrons. The Bertz CT molecular complexity index is 193. The average Bonchev–Trinajstić information content (AvgIpc) is 2.21. The standard InChI is InChI=1S/C13H25NO/c1-4-5-11-6-8-12(9-7-11)14-13(15)10(2)3/h10-12H,4-9H2,1-3H3,(H,14,15). The summed E-state index contributed by atoms with van der Waals surface area (Å²) in [7, 11) is 0. The molecule has 1 fully saturated rings. The Morgan fingerprint density at radius 3 is 2.33 bits per heavy atom. The van der Waals surface area contributed by atoms with Crippen LogP contribution in [-0.4, -0.2) is 11.9 Å². The summed E-state index contributed by atoms with van der Waals surface area (Å²) in [6.45, 7) is 6.17. The maximum Gasteiger partial charge on any atom is 0.222 e. The van der Waals surface area contributed by atoms with Crippen molar-refractivity contribution in [3.05, 3.63) is 0 Å². The topological polar surface area (TPSA) is 29.1 Å². The fourth-order valence-electron chi connectivity index (χ4n) is 2.37. The summed E-state index contributed by atoms with van der Waals surface area (Å²) in [5.41, 5.74) is 0. The zero-order valence-electron chi connectivity index (χ0n) is 10.4. The van der Waals surface area contributed by atoms with Gasteiger partial charge in [0.05, 0.1) is 0 Å². The van der Waals surface area contributed by atoms with Gasteiger partial charge in [0, 0.05) is 12.0 Å². The molecule has 1 amide bonds. The molecule has 2 nitrogen and oxygen atoms in total. The first-order chi connectivity index (χ1) is 7.13. The Balaban J connectivity index is 2.22. The van der Waals surface area contributed by atoms with Crippen molar-refractivity contribution in [3.8, 4) is 0 Å². The second kappa shape index (κ2) is 6.14. The van der Waals surface area contributed by atoms with Crippen LogP contribution in [0.25, 0.3) is 0 Å². The van der Waals surface area contributed by atoms with Crippen LogP contribution in [0.5, 0.6) is 0 Å². The monoisotopic (exact) mass is 211 g/mol. The van der Waals surface area contributed by atoms with Gasteiger partial charge in [-0.15, -0.1) is 0 Å². The van der Waals surface area contributed by atoms with E-state index in [4.69, 9.17) is 0 Å². The number of carbonyl (C=O) groups excluding carboxylic acids is 1. The lowest BCUT2D eigenvalue weighted by atomic mass is 9.83. The maximum absolute atomic E-state index is 11.5. The van der Waals surface area contributed by atoms with Crippen LogP contribution in [0.1, 0.15) is 59.3 Å². The van der Waals surface area contributed by atoms with Crippen LogP contribution in [0.2, 0.25) is 0 Å². The van der Waals surface area contributed by atoms with E-state index in [1.807, 2.05) is 13.8 Å². The predicted octanol–water partition coefficient (Wildman–Crippen LogP) is 3.12. The van der Waals surface area contributed by atoms with Gasteiger partial charge in [-0.1, -0.05) is 33.6 Å². The summed E-state index contributed by atoms with van der Waals surface area (Å²) < 4.78 is 0. The van der Waals surface area contributed by atoms with Gasteiger partial charge < -0.3 is 5.32 Å². The van der Waals surface area contributed by atoms with Crippen molar-refractivity contribution in [2.45, 2.75) is 65.3 Å². The van der Waals surface area contributed by atoms with Crippen molar-refractivity contribution in [3.63, 3.8) is 0 Å². The van der Waals surface area contributed by atoms with Crippen LogP contribution in [0.3, 0.4) is 0 Å². The Hall–Kier alpha value is -0.530. The fourth-order valence-corrected chi connectivity index (χ4v) is 2.37. The molecule has 2 heteroatoms. The van der Waals surface area contributed by atoms with Crippen LogP contribution in [-0.2, 0) is 4.79 Å². The van der Waals surface area contributed by atoms with E-state index >= 15 is 0 Å². The van der Waals surface area contributed by atoms with Crippen LogP contribution in [0, 0.1) is 11.8 Å². The average molecular weight is 211 g/mol. The summed E-state index contributed by atoms with van der Waals surface area (Å²) in [4.78, 5) is 11.5. The van der Waals surface area contributed by atoms with Crippen LogP contribution in [0.4, 0.5) is 0 Å². The SMILES string of the molecule is CCCC1CCC(NC(=O)C(C)C)CC1. The van der Waals surface area contributed by atoms with Gasteiger partial charge in [-0.2, -0.15) is 0 Å². The molecule has 0 radical (unpaired) electrons. The summed E-state index contributed by atoms with van der Waals surface area (Å²) >= 11 is 0. The van der Waals surface area contributed by atoms with Crippen molar-refractivity contribution in [2.24, 2.45) is 11.8 Å². The molecule has 1 saturated carbocycles. The lowest BCUT2D eigenvalue weighted by Gasteiger charge is -2.29. The van der Waals surface area contributed by atoms with Crippen molar-refractivity contribution in [1.82, 2.24) is 5.32 Å². The molecule has 0 unspecified atom stereocenters. The molecule has 1 rings (SSSR count). The van der Waals surface area contributed by atoms with Crippen molar-refractivity contribution < 1.29 is 4.79 Å². The van der Waals surface area contributed by atoms with Gasteiger partial charge in [0.25, 0.3) is 0 Å². The third-order valence-electron chi connectivity index (χ3n) is 3.41. The smallest absolute Gasteiger partial charge is 0.222 e. The second-order valence-corrected chi connectivity index (χ2v) is 5.17. The zero-order chi connectivity index (χ0) is 11.3. The predicted molar refractivity (Wildman–Crippen MR) is 63.6 cm³/mol. The summed E-state index contributed by atoms with van der Waals surface area (Å²) in [6, 6.07) is 0.452. The van der Waals surface area contributed by atoms with E-state index < -0.39 is 0 Å². The first kappa shape index (κ1) is 12.5. The van der Waals surface area contributed by atoms with Gasteiger partial charge >= 0.3 is 0 Å². The van der Waals surface area contributed by atoms with Gasteiger partial charge in [-0.05, 0) is 31.6 Å². The Morgan fingerprint density at radius 1 is 1.27 bits per heavy atom. The molecule has 0 bridgehead atoms. The van der Waals surface area contributed by atoms with Crippen LogP contribution in [0.15, 0.2) is 0 Å². The van der Waals surface area contributed by atoms with E-state index in [0.29, 0.717) is 6.04 Å². The maximum atomic E-state index is 11.5. The van der Waals surface area contributed by atoms with E-state index in [2.05, 4.69) is 12.2 Å². The minimum absolute atomic E-state index is 0.123. The Morgan fingerprint density at radius 2 is 1.87 bits per heavy atom. The molecule has 0 atom stereocenters. The highest BCUT2D eigenvalue weighted by Crippen LogP contribution is 2.27. The van der Waals surface area contributed by atoms with Gasteiger partial charge in [0.1, 0.15) is 0 Å². The molecular formula is C13H25NO. The van der Waals surface area contributed by atoms with Gasteiger partial charge in [0.2, 0.25) is 5.91 Å². The number of nitrogens with one attached hydrogen (secondary N) is 1. The third-order valence-corrected chi connectivity index (χ3v) is 3.41. The summed E-state index contributed by atoms with van der Waals surface area (Å²) in [6.07, 6.45) is 7.64. The number of amides is 1. The second-order valence-electron chi connectivity index (χ2n) is 5.17. The van der Waals surface area contributed by atoms with Crippen molar-refractivity contribution in [1.29, 1.82) is 0 Å². The molecule has 1 aliphatic rings. The van der Waals surface area contributed by atoms with E-state index in [0.717, 1.165) is 5.92 Å². The minimum atomic E-state index is 0.123. The molecule has 0 aromatic heterocycles. The van der Waals surface area contributed by atoms with Gasteiger partial charge in [-0.25, -0.2) is 0 Å². The molecule has 0 aromatic carbocycles. The fraction of sp³-hybridized carbons (Fsp3) is 0.923. The molecule has 15 heavy (non-hydrogen) atoms. The van der Waals surface area contributed by atoms with E-state index in [-0.39, 0.29) is 11.8 Å². The summed E-state index contributed by atoms with van der Waals surface area (Å²) in [5, 5.41) is 3.14. The highest BCUT2D eigenvalue weighted by Gasteiger charge is 2.22. The highest BCUT2D eigenvalue weighted by molar-refractivity contribution is 5.78. The van der Waals surface area contributed by atoms with Crippen molar-refractivity contribution in [2.75, 3.05) is 0 Å². The van der Waals surface area contributed by atoms with Crippen LogP contribution >= 0.6 is 0 Å². The normalized spacial score (nSPS) is 26.7. The third kappa shape index (κ3) is 4.23. The highest BCUT2D eigenvalue weighted by atomic mass is 16.1. The lowest BCUT2D eigenvalue weighted by molar-refractivity contribution is -0.125. The lowest BCUT2D eigenvalue weighted by Crippen LogP contribution is -2.39. The molecule has 0 aliphatic heterocycles. The minimum Gasteiger partial charge on any atom is -0.353 e. The first-order valence-corrected chi connectivity index (χ1v) is 6.43. The van der Waals surface area contributed by atoms with E-state index in [1.165, 1.54) is 38.5 Å². The Labute approximate surface area is 93.8 Å². The Kier molecular flexibility index (Phi) is 5.13. The molecule has 0 spiro atoms. The number of rotatable bonds is 4. The summed E-state index contributed by atoms with van der Waals surface area (Å²) in [5.74, 6) is 1.26. The van der Waals surface area contributed by atoms with Crippen molar-refractivity contribution >= 4 is 5.91 Å². The van der Waals surface area contributed by atoms with E-state index in [1.54, 1.807) is 0 Å².